The predicted octanol–water partition coefficient (Wildman–Crippen LogP) is 2.71. The molecule has 3 N–H and O–H groups in total. The summed E-state index contributed by atoms with van der Waals surface area (Å²) < 4.78 is 13.4. The van der Waals surface area contributed by atoms with E-state index < -0.39 is 0 Å². The van der Waals surface area contributed by atoms with Gasteiger partial charge in [0.1, 0.15) is 16.5 Å². The number of carbonyl (C=O) groups is 1. The van der Waals surface area contributed by atoms with Gasteiger partial charge in [0.15, 0.2) is 0 Å². The smallest absolute Gasteiger partial charge is 0.271 e. The fourth-order valence-electron chi connectivity index (χ4n) is 2.26. The molecule has 0 saturated carbocycles. The molecule has 2 aromatic rings. The van der Waals surface area contributed by atoms with Gasteiger partial charge in [-0.3, -0.25) is 4.79 Å². The summed E-state index contributed by atoms with van der Waals surface area (Å²) in [5, 5.41) is 5.36. The Balaban J connectivity index is 1.80. The predicted molar refractivity (Wildman–Crippen MR) is 82.0 cm³/mol. The topological polar surface area (TPSA) is 68.0 Å². The number of nitrogens with one attached hydrogen (secondary N) is 1. The minimum Gasteiger partial charge on any atom is -0.344 e. The summed E-state index contributed by atoms with van der Waals surface area (Å²) in [6.45, 7) is 0.325. The number of aromatic nitrogens is 1. The van der Waals surface area contributed by atoms with E-state index in [1.165, 1.54) is 23.5 Å². The van der Waals surface area contributed by atoms with Crippen LogP contribution in [0.5, 0.6) is 0 Å². The summed E-state index contributed by atoms with van der Waals surface area (Å²) in [6.07, 6.45) is 0.779. The van der Waals surface area contributed by atoms with E-state index in [4.69, 9.17) is 5.73 Å². The molecule has 1 atom stereocenters. The number of benzene rings is 1. The number of nitrogens with zero attached hydrogens (tertiary/aromatic N) is 1. The SMILES string of the molecule is NCc1nc(C(=O)NC2CCSc3ccc(F)cc32)cs1. The molecule has 1 aromatic heterocycles. The summed E-state index contributed by atoms with van der Waals surface area (Å²) in [5.74, 6) is 0.377. The monoisotopic (exact) mass is 323 g/mol. The van der Waals surface area contributed by atoms with E-state index in [2.05, 4.69) is 10.3 Å². The van der Waals surface area contributed by atoms with E-state index in [1.807, 2.05) is 0 Å². The van der Waals surface area contributed by atoms with Gasteiger partial charge in [0, 0.05) is 22.6 Å². The maximum absolute atomic E-state index is 13.4. The van der Waals surface area contributed by atoms with Crippen molar-refractivity contribution in [2.45, 2.75) is 23.9 Å². The van der Waals surface area contributed by atoms with Crippen molar-refractivity contribution in [1.29, 1.82) is 0 Å². The van der Waals surface area contributed by atoms with Crippen LogP contribution in [0.25, 0.3) is 0 Å². The molecule has 0 saturated heterocycles. The van der Waals surface area contributed by atoms with Gasteiger partial charge in [-0.25, -0.2) is 9.37 Å². The molecule has 4 nitrogen and oxygen atoms in total. The Bertz CT molecular complexity index is 674. The third-order valence-electron chi connectivity index (χ3n) is 3.28. The zero-order valence-electron chi connectivity index (χ0n) is 11.1. The van der Waals surface area contributed by atoms with Crippen LogP contribution < -0.4 is 11.1 Å². The molecule has 1 amide bonds. The van der Waals surface area contributed by atoms with E-state index >= 15 is 0 Å². The number of carbonyl (C=O) groups excluding carboxylic acids is 1. The van der Waals surface area contributed by atoms with Crippen LogP contribution in [0.4, 0.5) is 4.39 Å². The van der Waals surface area contributed by atoms with Crippen molar-refractivity contribution < 1.29 is 9.18 Å². The first-order valence-corrected chi connectivity index (χ1v) is 8.41. The quantitative estimate of drug-likeness (QED) is 0.911. The normalized spacial score (nSPS) is 17.3. The standard InChI is InChI=1S/C14H14FN3OS2/c15-8-1-2-12-9(5-8)10(3-4-20-12)18-14(19)11-7-21-13(6-16)17-11/h1-2,5,7,10H,3-4,6,16H2,(H,18,19). The first-order chi connectivity index (χ1) is 10.2. The van der Waals surface area contributed by atoms with Crippen LogP contribution >= 0.6 is 23.1 Å². The van der Waals surface area contributed by atoms with Gasteiger partial charge in [-0.15, -0.1) is 23.1 Å². The molecule has 110 valence electrons. The van der Waals surface area contributed by atoms with E-state index in [9.17, 15) is 9.18 Å². The highest BCUT2D eigenvalue weighted by Gasteiger charge is 2.24. The van der Waals surface area contributed by atoms with Gasteiger partial charge in [-0.1, -0.05) is 0 Å². The lowest BCUT2D eigenvalue weighted by Gasteiger charge is -2.25. The second-order valence-corrected chi connectivity index (χ2v) is 6.76. The van der Waals surface area contributed by atoms with Gasteiger partial charge in [-0.2, -0.15) is 0 Å². The maximum atomic E-state index is 13.4. The third-order valence-corrected chi connectivity index (χ3v) is 5.27. The van der Waals surface area contributed by atoms with Crippen LogP contribution in [0.15, 0.2) is 28.5 Å². The molecule has 0 aliphatic carbocycles. The van der Waals surface area contributed by atoms with Crippen molar-refractivity contribution in [3.63, 3.8) is 0 Å². The summed E-state index contributed by atoms with van der Waals surface area (Å²) in [7, 11) is 0. The van der Waals surface area contributed by atoms with Gasteiger partial charge in [-0.05, 0) is 30.2 Å². The number of hydrogen-bond donors (Lipinski definition) is 2. The minimum absolute atomic E-state index is 0.174. The minimum atomic E-state index is -0.283. The zero-order chi connectivity index (χ0) is 14.8. The lowest BCUT2D eigenvalue weighted by atomic mass is 10.0. The first-order valence-electron chi connectivity index (χ1n) is 6.55. The number of hydrogen-bond acceptors (Lipinski definition) is 5. The Hall–Kier alpha value is -1.44. The number of amides is 1. The van der Waals surface area contributed by atoms with E-state index in [-0.39, 0.29) is 17.8 Å². The van der Waals surface area contributed by atoms with E-state index in [0.717, 1.165) is 27.6 Å². The van der Waals surface area contributed by atoms with Gasteiger partial charge in [0.25, 0.3) is 5.91 Å². The highest BCUT2D eigenvalue weighted by molar-refractivity contribution is 7.99. The fraction of sp³-hybridized carbons (Fsp3) is 0.286. The Morgan fingerprint density at radius 1 is 1.52 bits per heavy atom. The Morgan fingerprint density at radius 2 is 2.38 bits per heavy atom. The number of rotatable bonds is 3. The molecule has 1 unspecified atom stereocenters. The van der Waals surface area contributed by atoms with Gasteiger partial charge in [0.2, 0.25) is 0 Å². The second-order valence-electron chi connectivity index (χ2n) is 4.68. The maximum Gasteiger partial charge on any atom is 0.271 e. The van der Waals surface area contributed by atoms with Crippen molar-refractivity contribution in [1.82, 2.24) is 10.3 Å². The largest absolute Gasteiger partial charge is 0.344 e. The molecule has 1 aliphatic heterocycles. The van der Waals surface area contributed by atoms with Gasteiger partial charge in [0.05, 0.1) is 6.04 Å². The summed E-state index contributed by atoms with van der Waals surface area (Å²) in [6, 6.07) is 4.54. The molecule has 0 bridgehead atoms. The molecule has 3 rings (SSSR count). The van der Waals surface area contributed by atoms with Crippen molar-refractivity contribution in [3.8, 4) is 0 Å². The average Bonchev–Trinajstić information content (AvgIpc) is 2.97. The van der Waals surface area contributed by atoms with Crippen molar-refractivity contribution >= 4 is 29.0 Å². The van der Waals surface area contributed by atoms with Gasteiger partial charge >= 0.3 is 0 Å². The van der Waals surface area contributed by atoms with Gasteiger partial charge < -0.3 is 11.1 Å². The summed E-state index contributed by atoms with van der Waals surface area (Å²) in [4.78, 5) is 17.4. The lowest BCUT2D eigenvalue weighted by Crippen LogP contribution is -2.31. The highest BCUT2D eigenvalue weighted by Crippen LogP contribution is 2.36. The molecule has 2 heterocycles. The second kappa shape index (κ2) is 6.13. The molecule has 1 aromatic carbocycles. The average molecular weight is 323 g/mol. The van der Waals surface area contributed by atoms with Crippen LogP contribution in [0, 0.1) is 5.82 Å². The van der Waals surface area contributed by atoms with Crippen LogP contribution in [0.1, 0.15) is 33.5 Å². The van der Waals surface area contributed by atoms with Crippen LogP contribution in [0.3, 0.4) is 0 Å². The van der Waals surface area contributed by atoms with E-state index in [1.54, 1.807) is 23.2 Å². The molecule has 0 fully saturated rings. The van der Waals surface area contributed by atoms with Crippen molar-refractivity contribution in [3.05, 3.63) is 45.7 Å². The Labute approximate surface area is 130 Å². The zero-order valence-corrected chi connectivity index (χ0v) is 12.8. The van der Waals surface area contributed by atoms with Crippen LogP contribution in [-0.2, 0) is 6.54 Å². The highest BCUT2D eigenvalue weighted by atomic mass is 32.2. The molecule has 1 aliphatic rings. The Kier molecular flexibility index (Phi) is 4.23. The van der Waals surface area contributed by atoms with Crippen molar-refractivity contribution in [2.75, 3.05) is 5.75 Å². The number of fused-ring (bicyclic) bond motifs is 1. The first kappa shape index (κ1) is 14.5. The summed E-state index contributed by atoms with van der Waals surface area (Å²) in [5.41, 5.74) is 6.71. The van der Waals surface area contributed by atoms with E-state index in [0.29, 0.717) is 12.2 Å². The molecular weight excluding hydrogens is 309 g/mol. The molecule has 21 heavy (non-hydrogen) atoms. The summed E-state index contributed by atoms with van der Waals surface area (Å²) >= 11 is 3.05. The fourth-order valence-corrected chi connectivity index (χ4v) is 4.02. The number of thiazole rings is 1. The number of nitrogens with two attached hydrogens (primary N) is 1. The molecule has 0 radical (unpaired) electrons. The molecule has 0 spiro atoms. The number of thioether (sulfide) groups is 1. The lowest BCUT2D eigenvalue weighted by molar-refractivity contribution is 0.0930. The molecular formula is C14H14FN3OS2. The number of halogens is 1. The Morgan fingerprint density at radius 3 is 3.14 bits per heavy atom. The van der Waals surface area contributed by atoms with Crippen LogP contribution in [-0.4, -0.2) is 16.6 Å². The third kappa shape index (κ3) is 3.09. The molecule has 7 heteroatoms. The van der Waals surface area contributed by atoms with Crippen LogP contribution in [0.2, 0.25) is 0 Å². The van der Waals surface area contributed by atoms with Crippen molar-refractivity contribution in [2.24, 2.45) is 5.73 Å².